The van der Waals surface area contributed by atoms with E-state index >= 15 is 0 Å². The molecule has 1 unspecified atom stereocenters. The molecule has 0 aliphatic carbocycles. The second kappa shape index (κ2) is 6.66. The van der Waals surface area contributed by atoms with Gasteiger partial charge in [0, 0.05) is 6.54 Å². The van der Waals surface area contributed by atoms with Crippen LogP contribution in [-0.4, -0.2) is 24.5 Å². The molecule has 0 aliphatic heterocycles. The first-order valence-corrected chi connectivity index (χ1v) is 6.23. The molecule has 0 fully saturated rings. The highest BCUT2D eigenvalue weighted by Crippen LogP contribution is 2.20. The number of hydrogen-bond acceptors (Lipinski definition) is 2. The molecule has 16 heavy (non-hydrogen) atoms. The SMILES string of the molecule is CCN(CC)Cc1ccccc1C(C)CN. The summed E-state index contributed by atoms with van der Waals surface area (Å²) < 4.78 is 0. The van der Waals surface area contributed by atoms with E-state index in [0.29, 0.717) is 5.92 Å². The predicted octanol–water partition coefficient (Wildman–Crippen LogP) is 2.59. The van der Waals surface area contributed by atoms with E-state index in [1.54, 1.807) is 0 Å². The van der Waals surface area contributed by atoms with Gasteiger partial charge in [-0.3, -0.25) is 4.90 Å². The van der Waals surface area contributed by atoms with E-state index in [4.69, 9.17) is 5.73 Å². The summed E-state index contributed by atoms with van der Waals surface area (Å²) >= 11 is 0. The maximum Gasteiger partial charge on any atom is 0.0236 e. The molecule has 0 aliphatic rings. The largest absolute Gasteiger partial charge is 0.330 e. The van der Waals surface area contributed by atoms with Gasteiger partial charge in [-0.15, -0.1) is 0 Å². The van der Waals surface area contributed by atoms with Gasteiger partial charge in [-0.2, -0.15) is 0 Å². The second-order valence-corrected chi connectivity index (χ2v) is 4.30. The zero-order chi connectivity index (χ0) is 12.0. The first-order chi connectivity index (χ1) is 7.72. The molecule has 2 nitrogen and oxygen atoms in total. The fourth-order valence-electron chi connectivity index (χ4n) is 1.97. The average molecular weight is 220 g/mol. The average Bonchev–Trinajstić information content (AvgIpc) is 2.35. The summed E-state index contributed by atoms with van der Waals surface area (Å²) in [4.78, 5) is 2.43. The molecule has 0 radical (unpaired) electrons. The zero-order valence-corrected chi connectivity index (χ0v) is 10.7. The predicted molar refractivity (Wildman–Crippen MR) is 70.5 cm³/mol. The zero-order valence-electron chi connectivity index (χ0n) is 10.7. The van der Waals surface area contributed by atoms with Crippen molar-refractivity contribution in [2.45, 2.75) is 33.2 Å². The number of hydrogen-bond donors (Lipinski definition) is 1. The third kappa shape index (κ3) is 3.32. The van der Waals surface area contributed by atoms with Crippen molar-refractivity contribution in [3.63, 3.8) is 0 Å². The summed E-state index contributed by atoms with van der Waals surface area (Å²) in [7, 11) is 0. The Kier molecular flexibility index (Phi) is 5.50. The molecule has 90 valence electrons. The Bertz CT molecular complexity index is 305. The highest BCUT2D eigenvalue weighted by Gasteiger charge is 2.10. The standard InChI is InChI=1S/C14H24N2/c1-4-16(5-2)11-13-8-6-7-9-14(13)12(3)10-15/h6-9,12H,4-5,10-11,15H2,1-3H3. The van der Waals surface area contributed by atoms with E-state index in [9.17, 15) is 0 Å². The highest BCUT2D eigenvalue weighted by atomic mass is 15.1. The fraction of sp³-hybridized carbons (Fsp3) is 0.571. The molecule has 0 amide bonds. The van der Waals surface area contributed by atoms with E-state index in [1.807, 2.05) is 0 Å². The van der Waals surface area contributed by atoms with Gasteiger partial charge in [-0.05, 0) is 36.7 Å². The Hall–Kier alpha value is -0.860. The lowest BCUT2D eigenvalue weighted by Crippen LogP contribution is -2.23. The molecule has 2 heteroatoms. The van der Waals surface area contributed by atoms with Crippen molar-refractivity contribution in [3.8, 4) is 0 Å². The van der Waals surface area contributed by atoms with E-state index in [0.717, 1.165) is 26.2 Å². The van der Waals surface area contributed by atoms with Gasteiger partial charge in [-0.25, -0.2) is 0 Å². The lowest BCUT2D eigenvalue weighted by molar-refractivity contribution is 0.294. The molecule has 1 aromatic carbocycles. The van der Waals surface area contributed by atoms with Crippen molar-refractivity contribution < 1.29 is 0 Å². The van der Waals surface area contributed by atoms with E-state index < -0.39 is 0 Å². The highest BCUT2D eigenvalue weighted by molar-refractivity contribution is 5.30. The van der Waals surface area contributed by atoms with E-state index in [1.165, 1.54) is 11.1 Å². The molecule has 0 heterocycles. The van der Waals surface area contributed by atoms with Crippen molar-refractivity contribution in [1.82, 2.24) is 4.90 Å². The topological polar surface area (TPSA) is 29.3 Å². The van der Waals surface area contributed by atoms with Crippen LogP contribution in [0.15, 0.2) is 24.3 Å². The summed E-state index contributed by atoms with van der Waals surface area (Å²) in [6.45, 7) is 10.6. The van der Waals surface area contributed by atoms with Crippen LogP contribution in [0.1, 0.15) is 37.8 Å². The van der Waals surface area contributed by atoms with Crippen LogP contribution in [0.25, 0.3) is 0 Å². The summed E-state index contributed by atoms with van der Waals surface area (Å²) in [6.07, 6.45) is 0. The molecule has 0 bridgehead atoms. The van der Waals surface area contributed by atoms with Gasteiger partial charge in [0.1, 0.15) is 0 Å². The second-order valence-electron chi connectivity index (χ2n) is 4.30. The van der Waals surface area contributed by atoms with Gasteiger partial charge in [-0.1, -0.05) is 45.0 Å². The van der Waals surface area contributed by atoms with E-state index in [-0.39, 0.29) is 0 Å². The van der Waals surface area contributed by atoms with Crippen LogP contribution in [0.3, 0.4) is 0 Å². The number of nitrogens with two attached hydrogens (primary N) is 1. The number of nitrogens with zero attached hydrogens (tertiary/aromatic N) is 1. The lowest BCUT2D eigenvalue weighted by Gasteiger charge is -2.22. The van der Waals surface area contributed by atoms with Gasteiger partial charge < -0.3 is 5.73 Å². The number of rotatable bonds is 6. The van der Waals surface area contributed by atoms with Crippen LogP contribution < -0.4 is 5.73 Å². The summed E-state index contributed by atoms with van der Waals surface area (Å²) in [5.41, 5.74) is 8.58. The minimum absolute atomic E-state index is 0.451. The molecular weight excluding hydrogens is 196 g/mol. The van der Waals surface area contributed by atoms with Crippen molar-refractivity contribution >= 4 is 0 Å². The van der Waals surface area contributed by atoms with Crippen LogP contribution >= 0.6 is 0 Å². The summed E-state index contributed by atoms with van der Waals surface area (Å²) in [6, 6.07) is 8.65. The van der Waals surface area contributed by atoms with Crippen LogP contribution in [-0.2, 0) is 6.54 Å². The lowest BCUT2D eigenvalue weighted by atomic mass is 9.95. The Balaban J connectivity index is 2.86. The van der Waals surface area contributed by atoms with Crippen LogP contribution in [0.4, 0.5) is 0 Å². The smallest absolute Gasteiger partial charge is 0.0236 e. The van der Waals surface area contributed by atoms with Gasteiger partial charge in [0.25, 0.3) is 0 Å². The molecule has 1 rings (SSSR count). The maximum absolute atomic E-state index is 5.76. The monoisotopic (exact) mass is 220 g/mol. The quantitative estimate of drug-likeness (QED) is 0.798. The molecule has 1 atom stereocenters. The van der Waals surface area contributed by atoms with E-state index in [2.05, 4.69) is 49.9 Å². The molecule has 1 aromatic rings. The summed E-state index contributed by atoms with van der Waals surface area (Å²) in [5, 5.41) is 0. The van der Waals surface area contributed by atoms with Crippen molar-refractivity contribution in [3.05, 3.63) is 35.4 Å². The first kappa shape index (κ1) is 13.2. The molecule has 0 saturated carbocycles. The van der Waals surface area contributed by atoms with Gasteiger partial charge in [0.2, 0.25) is 0 Å². The van der Waals surface area contributed by atoms with Gasteiger partial charge in [0.15, 0.2) is 0 Å². The Morgan fingerprint density at radius 3 is 2.38 bits per heavy atom. The normalized spacial score (nSPS) is 13.1. The van der Waals surface area contributed by atoms with Gasteiger partial charge in [0.05, 0.1) is 0 Å². The van der Waals surface area contributed by atoms with Crippen LogP contribution in [0.5, 0.6) is 0 Å². The minimum atomic E-state index is 0.451. The molecule has 0 saturated heterocycles. The van der Waals surface area contributed by atoms with Crippen molar-refractivity contribution in [1.29, 1.82) is 0 Å². The third-order valence-corrected chi connectivity index (χ3v) is 3.23. The third-order valence-electron chi connectivity index (χ3n) is 3.23. The fourth-order valence-corrected chi connectivity index (χ4v) is 1.97. The Labute approximate surface area is 99.5 Å². The molecule has 0 aromatic heterocycles. The molecular formula is C14H24N2. The minimum Gasteiger partial charge on any atom is -0.330 e. The molecule has 0 spiro atoms. The first-order valence-electron chi connectivity index (χ1n) is 6.23. The number of benzene rings is 1. The van der Waals surface area contributed by atoms with Crippen molar-refractivity contribution in [2.24, 2.45) is 5.73 Å². The van der Waals surface area contributed by atoms with Gasteiger partial charge >= 0.3 is 0 Å². The summed E-state index contributed by atoms with van der Waals surface area (Å²) in [5.74, 6) is 0.451. The Morgan fingerprint density at radius 2 is 1.81 bits per heavy atom. The molecule has 2 N–H and O–H groups in total. The van der Waals surface area contributed by atoms with Crippen LogP contribution in [0, 0.1) is 0 Å². The van der Waals surface area contributed by atoms with Crippen molar-refractivity contribution in [2.75, 3.05) is 19.6 Å². The maximum atomic E-state index is 5.76. The van der Waals surface area contributed by atoms with Crippen LogP contribution in [0.2, 0.25) is 0 Å². The Morgan fingerprint density at radius 1 is 1.19 bits per heavy atom.